The number of methoxy groups -OCH3 is 1. The summed E-state index contributed by atoms with van der Waals surface area (Å²) >= 11 is 0. The first-order valence-electron chi connectivity index (χ1n) is 7.16. The van der Waals surface area contributed by atoms with E-state index in [1.807, 2.05) is 63.2 Å². The fourth-order valence-electron chi connectivity index (χ4n) is 2.46. The maximum absolute atomic E-state index is 12.5. The van der Waals surface area contributed by atoms with Crippen molar-refractivity contribution in [1.29, 1.82) is 0 Å². The molecule has 2 aromatic rings. The van der Waals surface area contributed by atoms with Crippen molar-refractivity contribution in [2.45, 2.75) is 26.9 Å². The predicted molar refractivity (Wildman–Crippen MR) is 86.5 cm³/mol. The Kier molecular flexibility index (Phi) is 4.59. The molecule has 0 fully saturated rings. The number of Topliss-reactive ketones (excluding diaryl/α,β-unsaturated/α-hetero) is 1. The second-order valence-electron chi connectivity index (χ2n) is 6.29. The number of hydrogen-bond acceptors (Lipinski definition) is 2. The van der Waals surface area contributed by atoms with Gasteiger partial charge in [0.05, 0.1) is 0 Å². The molecule has 2 nitrogen and oxygen atoms in total. The van der Waals surface area contributed by atoms with Gasteiger partial charge in [-0.15, -0.1) is 0 Å². The molecule has 0 aromatic heterocycles. The van der Waals surface area contributed by atoms with Gasteiger partial charge in [-0.05, 0) is 16.5 Å². The van der Waals surface area contributed by atoms with E-state index in [0.29, 0.717) is 5.56 Å². The Morgan fingerprint density at radius 3 is 1.90 bits per heavy atom. The summed E-state index contributed by atoms with van der Waals surface area (Å²) in [4.78, 5) is 12.5. The molecule has 0 spiro atoms. The summed E-state index contributed by atoms with van der Waals surface area (Å²) in [6.07, 6.45) is -0.430. The Bertz CT molecular complexity index is 592. The van der Waals surface area contributed by atoms with E-state index in [1.54, 1.807) is 7.11 Å². The molecule has 110 valence electrons. The summed E-state index contributed by atoms with van der Waals surface area (Å²) in [6, 6.07) is 17.9. The maximum Gasteiger partial charge on any atom is 0.192 e. The molecule has 0 bridgehead atoms. The molecule has 0 aliphatic heterocycles. The lowest BCUT2D eigenvalue weighted by Crippen LogP contribution is -2.36. The van der Waals surface area contributed by atoms with Crippen LogP contribution in [0.2, 0.25) is 0 Å². The molecule has 0 heterocycles. The van der Waals surface area contributed by atoms with E-state index in [4.69, 9.17) is 4.74 Å². The van der Waals surface area contributed by atoms with Crippen molar-refractivity contribution in [2.24, 2.45) is 5.41 Å². The number of carbonyl (C=O) groups is 1. The van der Waals surface area contributed by atoms with Crippen LogP contribution in [0.4, 0.5) is 0 Å². The van der Waals surface area contributed by atoms with Crippen LogP contribution in [0.25, 0.3) is 11.1 Å². The molecular weight excluding hydrogens is 260 g/mol. The van der Waals surface area contributed by atoms with E-state index in [-0.39, 0.29) is 11.2 Å². The van der Waals surface area contributed by atoms with Crippen molar-refractivity contribution in [3.8, 4) is 11.1 Å². The zero-order valence-corrected chi connectivity index (χ0v) is 13.1. The summed E-state index contributed by atoms with van der Waals surface area (Å²) in [5.74, 6) is 0.0320. The second-order valence-corrected chi connectivity index (χ2v) is 6.29. The van der Waals surface area contributed by atoms with Crippen molar-refractivity contribution in [3.05, 3.63) is 60.2 Å². The van der Waals surface area contributed by atoms with Crippen LogP contribution in [0.15, 0.2) is 54.6 Å². The predicted octanol–water partition coefficient (Wildman–Crippen LogP) is 4.60. The highest BCUT2D eigenvalue weighted by Gasteiger charge is 2.31. The van der Waals surface area contributed by atoms with Crippen LogP contribution in [0.1, 0.15) is 31.1 Å². The molecule has 0 radical (unpaired) electrons. The van der Waals surface area contributed by atoms with Gasteiger partial charge in [0, 0.05) is 12.7 Å². The number of hydrogen-bond donors (Lipinski definition) is 0. The third-order valence-electron chi connectivity index (χ3n) is 3.54. The molecule has 0 saturated heterocycles. The van der Waals surface area contributed by atoms with Crippen LogP contribution in [-0.2, 0) is 4.74 Å². The SMILES string of the molecule is COC(C(=O)c1ccc(-c2ccccc2)cc1)C(C)(C)C. The van der Waals surface area contributed by atoms with Crippen LogP contribution in [0, 0.1) is 5.41 Å². The Morgan fingerprint density at radius 1 is 0.905 bits per heavy atom. The maximum atomic E-state index is 12.5. The number of ether oxygens (including phenoxy) is 1. The lowest BCUT2D eigenvalue weighted by atomic mass is 9.84. The highest BCUT2D eigenvalue weighted by atomic mass is 16.5. The number of rotatable bonds is 4. The Labute approximate surface area is 126 Å². The zero-order chi connectivity index (χ0) is 15.5. The van der Waals surface area contributed by atoms with Crippen LogP contribution in [0.5, 0.6) is 0 Å². The van der Waals surface area contributed by atoms with Gasteiger partial charge < -0.3 is 4.74 Å². The zero-order valence-electron chi connectivity index (χ0n) is 13.1. The smallest absolute Gasteiger partial charge is 0.192 e. The largest absolute Gasteiger partial charge is 0.373 e. The minimum absolute atomic E-state index is 0.0320. The van der Waals surface area contributed by atoms with Gasteiger partial charge in [-0.3, -0.25) is 4.79 Å². The molecule has 0 aliphatic rings. The van der Waals surface area contributed by atoms with E-state index >= 15 is 0 Å². The van der Waals surface area contributed by atoms with Gasteiger partial charge in [-0.2, -0.15) is 0 Å². The standard InChI is InChI=1S/C19H22O2/c1-19(2,3)18(21-4)17(20)16-12-10-15(11-13-16)14-8-6-5-7-9-14/h5-13,18H,1-4H3. The summed E-state index contributed by atoms with van der Waals surface area (Å²) in [6.45, 7) is 6.03. The molecule has 2 aromatic carbocycles. The van der Waals surface area contributed by atoms with E-state index in [2.05, 4.69) is 12.1 Å². The van der Waals surface area contributed by atoms with Crippen molar-refractivity contribution in [2.75, 3.05) is 7.11 Å². The molecule has 0 N–H and O–H groups in total. The molecule has 0 saturated carbocycles. The second kappa shape index (κ2) is 6.23. The monoisotopic (exact) mass is 282 g/mol. The highest BCUT2D eigenvalue weighted by Crippen LogP contribution is 2.26. The van der Waals surface area contributed by atoms with Gasteiger partial charge in [-0.1, -0.05) is 75.4 Å². The molecule has 0 amide bonds. The summed E-state index contributed by atoms with van der Waals surface area (Å²) in [7, 11) is 1.59. The van der Waals surface area contributed by atoms with Gasteiger partial charge in [-0.25, -0.2) is 0 Å². The Balaban J connectivity index is 2.25. The lowest BCUT2D eigenvalue weighted by molar-refractivity contribution is 0.0196. The third-order valence-corrected chi connectivity index (χ3v) is 3.54. The minimum Gasteiger partial charge on any atom is -0.373 e. The Hall–Kier alpha value is -1.93. The molecular formula is C19H22O2. The average molecular weight is 282 g/mol. The topological polar surface area (TPSA) is 26.3 Å². The summed E-state index contributed by atoms with van der Waals surface area (Å²) < 4.78 is 5.40. The van der Waals surface area contributed by atoms with E-state index < -0.39 is 6.10 Å². The van der Waals surface area contributed by atoms with Crippen molar-refractivity contribution in [3.63, 3.8) is 0 Å². The third kappa shape index (κ3) is 3.59. The first kappa shape index (κ1) is 15.5. The van der Waals surface area contributed by atoms with Gasteiger partial charge in [0.2, 0.25) is 0 Å². The number of benzene rings is 2. The quantitative estimate of drug-likeness (QED) is 0.766. The highest BCUT2D eigenvalue weighted by molar-refractivity contribution is 6.00. The fraction of sp³-hybridized carbons (Fsp3) is 0.316. The molecule has 1 atom stereocenters. The van der Waals surface area contributed by atoms with Crippen LogP contribution in [0.3, 0.4) is 0 Å². The van der Waals surface area contributed by atoms with Crippen LogP contribution >= 0.6 is 0 Å². The van der Waals surface area contributed by atoms with Crippen molar-refractivity contribution < 1.29 is 9.53 Å². The fourth-order valence-corrected chi connectivity index (χ4v) is 2.46. The Morgan fingerprint density at radius 2 is 1.43 bits per heavy atom. The minimum atomic E-state index is -0.430. The average Bonchev–Trinajstić information content (AvgIpc) is 2.47. The first-order chi connectivity index (χ1) is 9.93. The van der Waals surface area contributed by atoms with E-state index in [9.17, 15) is 4.79 Å². The summed E-state index contributed by atoms with van der Waals surface area (Å²) in [5.41, 5.74) is 2.73. The first-order valence-corrected chi connectivity index (χ1v) is 7.16. The number of carbonyl (C=O) groups excluding carboxylic acids is 1. The van der Waals surface area contributed by atoms with E-state index in [1.165, 1.54) is 0 Å². The molecule has 2 rings (SSSR count). The van der Waals surface area contributed by atoms with Gasteiger partial charge in [0.15, 0.2) is 5.78 Å². The van der Waals surface area contributed by atoms with Gasteiger partial charge >= 0.3 is 0 Å². The van der Waals surface area contributed by atoms with Crippen molar-refractivity contribution >= 4 is 5.78 Å². The number of ketones is 1. The molecule has 1 unspecified atom stereocenters. The molecule has 2 heteroatoms. The molecule has 21 heavy (non-hydrogen) atoms. The van der Waals surface area contributed by atoms with Crippen molar-refractivity contribution in [1.82, 2.24) is 0 Å². The lowest BCUT2D eigenvalue weighted by Gasteiger charge is -2.28. The summed E-state index contributed by atoms with van der Waals surface area (Å²) in [5, 5.41) is 0. The van der Waals surface area contributed by atoms with Gasteiger partial charge in [0.1, 0.15) is 6.10 Å². The van der Waals surface area contributed by atoms with Crippen LogP contribution < -0.4 is 0 Å². The normalized spacial score (nSPS) is 13.0. The van der Waals surface area contributed by atoms with E-state index in [0.717, 1.165) is 11.1 Å². The molecule has 0 aliphatic carbocycles. The van der Waals surface area contributed by atoms with Gasteiger partial charge in [0.25, 0.3) is 0 Å². The van der Waals surface area contributed by atoms with Crippen LogP contribution in [-0.4, -0.2) is 19.0 Å².